The third kappa shape index (κ3) is 2.13. The predicted molar refractivity (Wildman–Crippen MR) is 66.8 cm³/mol. The highest BCUT2D eigenvalue weighted by atomic mass is 16.3. The number of nitrogens with one attached hydrogen (secondary N) is 1. The number of phenols is 1. The Morgan fingerprint density at radius 1 is 1.53 bits per heavy atom. The fourth-order valence-corrected chi connectivity index (χ4v) is 2.08. The van der Waals surface area contributed by atoms with Crippen molar-refractivity contribution in [2.45, 2.75) is 26.2 Å². The number of rotatable bonds is 3. The van der Waals surface area contributed by atoms with Crippen molar-refractivity contribution in [3.8, 4) is 5.75 Å². The zero-order chi connectivity index (χ0) is 12.5. The number of hydrogen-bond donors (Lipinski definition) is 3. The molecule has 4 heteroatoms. The van der Waals surface area contributed by atoms with Gasteiger partial charge in [-0.05, 0) is 31.4 Å². The molecule has 0 heterocycles. The number of aryl methyl sites for hydroxylation is 1. The monoisotopic (exact) mass is 234 g/mol. The van der Waals surface area contributed by atoms with Crippen LogP contribution in [0.25, 0.3) is 0 Å². The molecule has 0 spiro atoms. The van der Waals surface area contributed by atoms with Gasteiger partial charge in [-0.1, -0.05) is 12.5 Å². The summed E-state index contributed by atoms with van der Waals surface area (Å²) >= 11 is 0. The number of aromatic hydroxyl groups is 1. The van der Waals surface area contributed by atoms with Crippen molar-refractivity contribution >= 4 is 11.6 Å². The molecule has 4 nitrogen and oxygen atoms in total. The van der Waals surface area contributed by atoms with Crippen LogP contribution in [0.3, 0.4) is 0 Å². The Hall–Kier alpha value is -1.55. The number of anilines is 1. The van der Waals surface area contributed by atoms with Crippen molar-refractivity contribution in [1.82, 2.24) is 0 Å². The highest BCUT2D eigenvalue weighted by Gasteiger charge is 2.42. The molecule has 0 radical (unpaired) electrons. The molecular formula is C13H18N2O2. The van der Waals surface area contributed by atoms with Gasteiger partial charge in [-0.15, -0.1) is 0 Å². The summed E-state index contributed by atoms with van der Waals surface area (Å²) in [5.41, 5.74) is 6.69. The lowest BCUT2D eigenvalue weighted by atomic mass is 9.68. The molecule has 1 saturated carbocycles. The van der Waals surface area contributed by atoms with E-state index in [1.807, 2.05) is 6.92 Å². The van der Waals surface area contributed by atoms with E-state index in [9.17, 15) is 9.90 Å². The molecule has 1 aromatic carbocycles. The van der Waals surface area contributed by atoms with Crippen LogP contribution in [0.15, 0.2) is 18.2 Å². The highest BCUT2D eigenvalue weighted by Crippen LogP contribution is 2.40. The van der Waals surface area contributed by atoms with Crippen LogP contribution >= 0.6 is 0 Å². The molecular weight excluding hydrogens is 216 g/mol. The maximum Gasteiger partial charge on any atom is 0.231 e. The summed E-state index contributed by atoms with van der Waals surface area (Å²) in [5.74, 6) is 0.160. The van der Waals surface area contributed by atoms with Crippen molar-refractivity contribution in [2.75, 3.05) is 11.9 Å². The first-order valence-electron chi connectivity index (χ1n) is 5.88. The van der Waals surface area contributed by atoms with E-state index in [0.717, 1.165) is 24.8 Å². The minimum atomic E-state index is -0.388. The van der Waals surface area contributed by atoms with Gasteiger partial charge in [0.2, 0.25) is 5.91 Å². The largest absolute Gasteiger partial charge is 0.508 e. The molecule has 1 aliphatic carbocycles. The molecule has 0 saturated heterocycles. The minimum Gasteiger partial charge on any atom is -0.508 e. The van der Waals surface area contributed by atoms with Gasteiger partial charge in [0, 0.05) is 18.3 Å². The van der Waals surface area contributed by atoms with Gasteiger partial charge in [-0.25, -0.2) is 0 Å². The first kappa shape index (κ1) is 11.9. The molecule has 1 aromatic rings. The van der Waals surface area contributed by atoms with Crippen LogP contribution in [0.5, 0.6) is 5.75 Å². The van der Waals surface area contributed by atoms with E-state index in [0.29, 0.717) is 12.2 Å². The SMILES string of the molecule is Cc1ccc(NC(=O)C2(CN)CCC2)cc1O. The highest BCUT2D eigenvalue weighted by molar-refractivity contribution is 5.96. The van der Waals surface area contributed by atoms with Gasteiger partial charge in [-0.3, -0.25) is 4.79 Å². The summed E-state index contributed by atoms with van der Waals surface area (Å²) in [6.45, 7) is 2.20. The number of phenolic OH excluding ortho intramolecular Hbond substituents is 1. The van der Waals surface area contributed by atoms with Crippen molar-refractivity contribution in [2.24, 2.45) is 11.1 Å². The normalized spacial score (nSPS) is 17.3. The average Bonchev–Trinajstić information content (AvgIpc) is 2.23. The smallest absolute Gasteiger partial charge is 0.231 e. The van der Waals surface area contributed by atoms with Crippen LogP contribution in [0.1, 0.15) is 24.8 Å². The van der Waals surface area contributed by atoms with Crippen molar-refractivity contribution < 1.29 is 9.90 Å². The van der Waals surface area contributed by atoms with Crippen molar-refractivity contribution in [3.63, 3.8) is 0 Å². The number of nitrogens with two attached hydrogens (primary N) is 1. The summed E-state index contributed by atoms with van der Waals surface area (Å²) in [4.78, 5) is 12.1. The Morgan fingerprint density at radius 3 is 2.71 bits per heavy atom. The fraction of sp³-hybridized carbons (Fsp3) is 0.462. The van der Waals surface area contributed by atoms with Crippen LogP contribution in [0, 0.1) is 12.3 Å². The molecule has 0 bridgehead atoms. The summed E-state index contributed by atoms with van der Waals surface area (Å²) in [6, 6.07) is 5.13. The van der Waals surface area contributed by atoms with Crippen LogP contribution in [0.4, 0.5) is 5.69 Å². The zero-order valence-corrected chi connectivity index (χ0v) is 9.99. The fourth-order valence-electron chi connectivity index (χ4n) is 2.08. The van der Waals surface area contributed by atoms with Gasteiger partial charge in [0.05, 0.1) is 5.41 Å². The molecule has 17 heavy (non-hydrogen) atoms. The first-order valence-corrected chi connectivity index (χ1v) is 5.88. The van der Waals surface area contributed by atoms with Crippen LogP contribution in [-0.2, 0) is 4.79 Å². The maximum atomic E-state index is 12.1. The van der Waals surface area contributed by atoms with Gasteiger partial charge >= 0.3 is 0 Å². The lowest BCUT2D eigenvalue weighted by Gasteiger charge is -2.39. The number of hydrogen-bond acceptors (Lipinski definition) is 3. The second kappa shape index (κ2) is 4.37. The van der Waals surface area contributed by atoms with E-state index >= 15 is 0 Å². The summed E-state index contributed by atoms with van der Waals surface area (Å²) in [5, 5.41) is 12.4. The third-order valence-corrected chi connectivity index (χ3v) is 3.65. The first-order chi connectivity index (χ1) is 8.07. The Bertz CT molecular complexity index is 434. The molecule has 0 aromatic heterocycles. The van der Waals surface area contributed by atoms with Gasteiger partial charge in [0.15, 0.2) is 0 Å². The third-order valence-electron chi connectivity index (χ3n) is 3.65. The molecule has 2 rings (SSSR count). The Kier molecular flexibility index (Phi) is 3.07. The quantitative estimate of drug-likeness (QED) is 0.746. The molecule has 92 valence electrons. The number of benzene rings is 1. The second-order valence-electron chi connectivity index (χ2n) is 4.79. The standard InChI is InChI=1S/C13H18N2O2/c1-9-3-4-10(7-11(9)16)15-12(17)13(8-14)5-2-6-13/h3-4,7,16H,2,5-6,8,14H2,1H3,(H,15,17). The average molecular weight is 234 g/mol. The molecule has 1 fully saturated rings. The van der Waals surface area contributed by atoms with Gasteiger partial charge in [-0.2, -0.15) is 0 Å². The van der Waals surface area contributed by atoms with E-state index in [2.05, 4.69) is 5.32 Å². The Balaban J connectivity index is 2.10. The molecule has 0 aliphatic heterocycles. The van der Waals surface area contributed by atoms with Gasteiger partial charge in [0.25, 0.3) is 0 Å². The Morgan fingerprint density at radius 2 is 2.24 bits per heavy atom. The number of carbonyl (C=O) groups is 1. The molecule has 1 amide bonds. The lowest BCUT2D eigenvalue weighted by molar-refractivity contribution is -0.129. The molecule has 0 atom stereocenters. The second-order valence-corrected chi connectivity index (χ2v) is 4.79. The lowest BCUT2D eigenvalue weighted by Crippen LogP contribution is -2.47. The minimum absolute atomic E-state index is 0.0329. The predicted octanol–water partition coefficient (Wildman–Crippen LogP) is 1.77. The van der Waals surface area contributed by atoms with Crippen LogP contribution in [0.2, 0.25) is 0 Å². The van der Waals surface area contributed by atoms with E-state index in [1.54, 1.807) is 18.2 Å². The van der Waals surface area contributed by atoms with E-state index in [-0.39, 0.29) is 17.1 Å². The molecule has 4 N–H and O–H groups in total. The number of carbonyl (C=O) groups excluding carboxylic acids is 1. The maximum absolute atomic E-state index is 12.1. The topological polar surface area (TPSA) is 75.4 Å². The summed E-state index contributed by atoms with van der Waals surface area (Å²) < 4.78 is 0. The summed E-state index contributed by atoms with van der Waals surface area (Å²) in [7, 11) is 0. The molecule has 0 unspecified atom stereocenters. The Labute approximate surface area is 101 Å². The van der Waals surface area contributed by atoms with E-state index in [4.69, 9.17) is 5.73 Å². The van der Waals surface area contributed by atoms with Gasteiger partial charge in [0.1, 0.15) is 5.75 Å². The van der Waals surface area contributed by atoms with Crippen molar-refractivity contribution in [1.29, 1.82) is 0 Å². The van der Waals surface area contributed by atoms with Crippen LogP contribution in [-0.4, -0.2) is 17.6 Å². The summed E-state index contributed by atoms with van der Waals surface area (Å²) in [6.07, 6.45) is 2.77. The van der Waals surface area contributed by atoms with Crippen LogP contribution < -0.4 is 11.1 Å². The molecule has 1 aliphatic rings. The van der Waals surface area contributed by atoms with E-state index in [1.165, 1.54) is 0 Å². The number of amides is 1. The zero-order valence-electron chi connectivity index (χ0n) is 9.99. The van der Waals surface area contributed by atoms with E-state index < -0.39 is 0 Å². The van der Waals surface area contributed by atoms with Gasteiger partial charge < -0.3 is 16.2 Å². The van der Waals surface area contributed by atoms with Crippen molar-refractivity contribution in [3.05, 3.63) is 23.8 Å².